The lowest BCUT2D eigenvalue weighted by Gasteiger charge is -2.13. The van der Waals surface area contributed by atoms with Crippen molar-refractivity contribution in [3.63, 3.8) is 0 Å². The molecular weight excluding hydrogens is 280 g/mol. The molecule has 2 unspecified atom stereocenters. The third-order valence-electron chi connectivity index (χ3n) is 3.73. The van der Waals surface area contributed by atoms with Crippen molar-refractivity contribution >= 4 is 5.91 Å². The first kappa shape index (κ1) is 16.9. The van der Waals surface area contributed by atoms with E-state index in [2.05, 4.69) is 5.32 Å². The number of nitrogens with one attached hydrogen (secondary N) is 1. The van der Waals surface area contributed by atoms with Crippen LogP contribution in [0.2, 0.25) is 0 Å². The minimum atomic E-state index is -0.504. The molecule has 0 aliphatic carbocycles. The number of hydrogen-bond donors (Lipinski definition) is 2. The van der Waals surface area contributed by atoms with E-state index in [1.54, 1.807) is 0 Å². The zero-order valence-corrected chi connectivity index (χ0v) is 13.0. The number of nitrogens with two attached hydrogens (primary N) is 1. The molecule has 2 rings (SSSR count). The van der Waals surface area contributed by atoms with Gasteiger partial charge in [0.05, 0.1) is 18.8 Å². The summed E-state index contributed by atoms with van der Waals surface area (Å²) < 4.78 is 11.0. The molecule has 1 aromatic rings. The first-order valence-corrected chi connectivity index (χ1v) is 8.02. The number of benzene rings is 1. The Hall–Kier alpha value is -1.43. The second kappa shape index (κ2) is 9.56. The van der Waals surface area contributed by atoms with Gasteiger partial charge >= 0.3 is 0 Å². The molecule has 5 nitrogen and oxygen atoms in total. The van der Waals surface area contributed by atoms with Crippen molar-refractivity contribution in [3.05, 3.63) is 35.9 Å². The summed E-state index contributed by atoms with van der Waals surface area (Å²) in [5.74, 6) is -0.108. The van der Waals surface area contributed by atoms with Crippen LogP contribution < -0.4 is 11.1 Å². The summed E-state index contributed by atoms with van der Waals surface area (Å²) in [6, 6.07) is 9.30. The average Bonchev–Trinajstić information content (AvgIpc) is 3.04. The SMILES string of the molecule is NC(Cc1ccccc1)C(=O)NCCCOCC1CCCO1. The van der Waals surface area contributed by atoms with Gasteiger partial charge in [-0.2, -0.15) is 0 Å². The highest BCUT2D eigenvalue weighted by atomic mass is 16.5. The number of rotatable bonds is 9. The molecular formula is C17H26N2O3. The smallest absolute Gasteiger partial charge is 0.237 e. The van der Waals surface area contributed by atoms with E-state index >= 15 is 0 Å². The normalized spacial score (nSPS) is 19.0. The summed E-state index contributed by atoms with van der Waals surface area (Å²) in [5.41, 5.74) is 6.99. The van der Waals surface area contributed by atoms with Crippen LogP contribution >= 0.6 is 0 Å². The molecule has 0 aromatic heterocycles. The fourth-order valence-corrected chi connectivity index (χ4v) is 2.47. The van der Waals surface area contributed by atoms with Crippen molar-refractivity contribution in [1.82, 2.24) is 5.32 Å². The Labute approximate surface area is 132 Å². The van der Waals surface area contributed by atoms with E-state index in [-0.39, 0.29) is 12.0 Å². The highest BCUT2D eigenvalue weighted by molar-refractivity contribution is 5.81. The average molecular weight is 306 g/mol. The van der Waals surface area contributed by atoms with Crippen molar-refractivity contribution in [3.8, 4) is 0 Å². The fourth-order valence-electron chi connectivity index (χ4n) is 2.47. The molecule has 1 heterocycles. The molecule has 3 N–H and O–H groups in total. The molecule has 1 aliphatic heterocycles. The van der Waals surface area contributed by atoms with Crippen LogP contribution in [0.5, 0.6) is 0 Å². The zero-order valence-electron chi connectivity index (χ0n) is 13.0. The van der Waals surface area contributed by atoms with Gasteiger partial charge in [-0.1, -0.05) is 30.3 Å². The zero-order chi connectivity index (χ0) is 15.6. The molecule has 1 amide bonds. The lowest BCUT2D eigenvalue weighted by molar-refractivity contribution is -0.122. The van der Waals surface area contributed by atoms with Crippen LogP contribution in [-0.2, 0) is 20.7 Å². The summed E-state index contributed by atoms with van der Waals surface area (Å²) >= 11 is 0. The molecule has 0 saturated carbocycles. The molecule has 1 fully saturated rings. The Balaban J connectivity index is 1.51. The van der Waals surface area contributed by atoms with E-state index in [1.807, 2.05) is 30.3 Å². The maximum atomic E-state index is 11.9. The van der Waals surface area contributed by atoms with Crippen LogP contribution in [0, 0.1) is 0 Å². The predicted molar refractivity (Wildman–Crippen MR) is 85.5 cm³/mol. The van der Waals surface area contributed by atoms with Crippen LogP contribution in [0.25, 0.3) is 0 Å². The number of hydrogen-bond acceptors (Lipinski definition) is 4. The van der Waals surface area contributed by atoms with Crippen LogP contribution in [0.3, 0.4) is 0 Å². The van der Waals surface area contributed by atoms with Gasteiger partial charge in [0.1, 0.15) is 0 Å². The van der Waals surface area contributed by atoms with Gasteiger partial charge in [0.2, 0.25) is 5.91 Å². The van der Waals surface area contributed by atoms with Crippen molar-refractivity contribution in [1.29, 1.82) is 0 Å². The lowest BCUT2D eigenvalue weighted by Crippen LogP contribution is -2.42. The monoisotopic (exact) mass is 306 g/mol. The maximum Gasteiger partial charge on any atom is 0.237 e. The van der Waals surface area contributed by atoms with Gasteiger partial charge < -0.3 is 20.5 Å². The summed E-state index contributed by atoms with van der Waals surface area (Å²) in [5, 5.41) is 2.86. The van der Waals surface area contributed by atoms with Crippen LogP contribution in [-0.4, -0.2) is 44.4 Å². The minimum Gasteiger partial charge on any atom is -0.379 e. The second-order valence-electron chi connectivity index (χ2n) is 5.65. The lowest BCUT2D eigenvalue weighted by atomic mass is 10.1. The summed E-state index contributed by atoms with van der Waals surface area (Å²) in [6.07, 6.45) is 3.82. The van der Waals surface area contributed by atoms with E-state index in [1.165, 1.54) is 0 Å². The highest BCUT2D eigenvalue weighted by Gasteiger charge is 2.15. The van der Waals surface area contributed by atoms with Gasteiger partial charge in [-0.3, -0.25) is 4.79 Å². The molecule has 1 saturated heterocycles. The quantitative estimate of drug-likeness (QED) is 0.674. The predicted octanol–water partition coefficient (Wildman–Crippen LogP) is 1.26. The fraction of sp³-hybridized carbons (Fsp3) is 0.588. The van der Waals surface area contributed by atoms with Gasteiger partial charge in [0, 0.05) is 19.8 Å². The topological polar surface area (TPSA) is 73.6 Å². The van der Waals surface area contributed by atoms with Crippen molar-refractivity contribution in [2.24, 2.45) is 5.73 Å². The summed E-state index contributed by atoms with van der Waals surface area (Å²) in [6.45, 7) is 2.73. The standard InChI is InChI=1S/C17H26N2O3/c18-16(12-14-6-2-1-3-7-14)17(20)19-9-5-10-21-13-15-8-4-11-22-15/h1-3,6-7,15-16H,4-5,8-13,18H2,(H,19,20). The Bertz CT molecular complexity index is 433. The molecule has 5 heteroatoms. The van der Waals surface area contributed by atoms with Crippen molar-refractivity contribution in [2.75, 3.05) is 26.4 Å². The van der Waals surface area contributed by atoms with Gasteiger partial charge in [0.15, 0.2) is 0 Å². The number of carbonyl (C=O) groups is 1. The molecule has 1 aromatic carbocycles. The third kappa shape index (κ3) is 6.13. The van der Waals surface area contributed by atoms with E-state index < -0.39 is 6.04 Å². The molecule has 2 atom stereocenters. The van der Waals surface area contributed by atoms with Gasteiger partial charge in [0.25, 0.3) is 0 Å². The first-order chi connectivity index (χ1) is 10.8. The number of amides is 1. The van der Waals surface area contributed by atoms with E-state index in [9.17, 15) is 4.79 Å². The highest BCUT2D eigenvalue weighted by Crippen LogP contribution is 2.11. The Morgan fingerprint density at radius 1 is 1.41 bits per heavy atom. The van der Waals surface area contributed by atoms with Crippen LogP contribution in [0.1, 0.15) is 24.8 Å². The Morgan fingerprint density at radius 3 is 2.95 bits per heavy atom. The second-order valence-corrected chi connectivity index (χ2v) is 5.65. The van der Waals surface area contributed by atoms with E-state index in [0.29, 0.717) is 26.2 Å². The van der Waals surface area contributed by atoms with Crippen LogP contribution in [0.4, 0.5) is 0 Å². The van der Waals surface area contributed by atoms with E-state index in [4.69, 9.17) is 15.2 Å². The van der Waals surface area contributed by atoms with Gasteiger partial charge in [-0.05, 0) is 31.2 Å². The number of ether oxygens (including phenoxy) is 2. The van der Waals surface area contributed by atoms with Crippen molar-refractivity contribution < 1.29 is 14.3 Å². The van der Waals surface area contributed by atoms with Crippen LogP contribution in [0.15, 0.2) is 30.3 Å². The van der Waals surface area contributed by atoms with Crippen molar-refractivity contribution in [2.45, 2.75) is 37.8 Å². The van der Waals surface area contributed by atoms with Gasteiger partial charge in [-0.25, -0.2) is 0 Å². The minimum absolute atomic E-state index is 0.108. The molecule has 0 radical (unpaired) electrons. The molecule has 122 valence electrons. The summed E-state index contributed by atoms with van der Waals surface area (Å²) in [7, 11) is 0. The van der Waals surface area contributed by atoms with Gasteiger partial charge in [-0.15, -0.1) is 0 Å². The largest absolute Gasteiger partial charge is 0.379 e. The molecule has 0 bridgehead atoms. The maximum absolute atomic E-state index is 11.9. The van der Waals surface area contributed by atoms with E-state index in [0.717, 1.165) is 31.4 Å². The Morgan fingerprint density at radius 2 is 2.23 bits per heavy atom. The molecule has 0 spiro atoms. The summed E-state index contributed by atoms with van der Waals surface area (Å²) in [4.78, 5) is 11.9. The number of carbonyl (C=O) groups excluding carboxylic acids is 1. The molecule has 1 aliphatic rings. The molecule has 22 heavy (non-hydrogen) atoms. The first-order valence-electron chi connectivity index (χ1n) is 8.02. The third-order valence-corrected chi connectivity index (χ3v) is 3.73. The Kier molecular flexibility index (Phi) is 7.36.